The number of halogens is 2. The summed E-state index contributed by atoms with van der Waals surface area (Å²) in [6.07, 6.45) is 0. The highest BCUT2D eigenvalue weighted by molar-refractivity contribution is 7.81. The summed E-state index contributed by atoms with van der Waals surface area (Å²) in [5.74, 6) is -1.44. The quantitative estimate of drug-likeness (QED) is 0.397. The van der Waals surface area contributed by atoms with Crippen molar-refractivity contribution in [3.05, 3.63) is 77.1 Å². The predicted molar refractivity (Wildman–Crippen MR) is 112 cm³/mol. The molecule has 0 heterocycles. The van der Waals surface area contributed by atoms with Crippen molar-refractivity contribution >= 4 is 40.2 Å². The second kappa shape index (κ2) is 9.25. The van der Waals surface area contributed by atoms with Gasteiger partial charge in [-0.3, -0.25) is 8.51 Å². The van der Waals surface area contributed by atoms with E-state index in [0.717, 1.165) is 0 Å². The number of nitrogens with zero attached hydrogens (tertiary/aromatic N) is 1. The van der Waals surface area contributed by atoms with Crippen LogP contribution in [0.3, 0.4) is 0 Å². The minimum Gasteiger partial charge on any atom is -0.755 e. The fraction of sp³-hybridized carbons (Fsp3) is 0.0952. The van der Waals surface area contributed by atoms with Crippen LogP contribution in [-0.4, -0.2) is 29.0 Å². The molecule has 30 heavy (non-hydrogen) atoms. The average molecular weight is 449 g/mol. The summed E-state index contributed by atoms with van der Waals surface area (Å²) in [7, 11) is 2.51. The SMILES string of the molecule is COC(=O)c1ccc(N(c2c(Cl)ccc(-c3ccccc3)c2F)S(=O)[O-])c(OC)c1. The lowest BCUT2D eigenvalue weighted by Gasteiger charge is -2.29. The van der Waals surface area contributed by atoms with E-state index in [2.05, 4.69) is 4.74 Å². The Morgan fingerprint density at radius 1 is 1.10 bits per heavy atom. The van der Waals surface area contributed by atoms with Crippen LogP contribution in [0.25, 0.3) is 11.1 Å². The molecule has 156 valence electrons. The third-order valence-corrected chi connectivity index (χ3v) is 5.31. The summed E-state index contributed by atoms with van der Waals surface area (Å²) in [5, 5.41) is -0.115. The van der Waals surface area contributed by atoms with Crippen molar-refractivity contribution in [2.45, 2.75) is 0 Å². The minimum atomic E-state index is -2.96. The molecule has 9 heteroatoms. The van der Waals surface area contributed by atoms with Gasteiger partial charge in [0.1, 0.15) is 11.4 Å². The van der Waals surface area contributed by atoms with E-state index in [4.69, 9.17) is 16.3 Å². The summed E-state index contributed by atoms with van der Waals surface area (Å²) < 4.78 is 50.4. The predicted octanol–water partition coefficient (Wildman–Crippen LogP) is 4.87. The van der Waals surface area contributed by atoms with Crippen molar-refractivity contribution in [1.29, 1.82) is 0 Å². The van der Waals surface area contributed by atoms with Gasteiger partial charge in [0.15, 0.2) is 5.82 Å². The Labute approximate surface area is 180 Å². The number of hydrogen-bond donors (Lipinski definition) is 0. The fourth-order valence-electron chi connectivity index (χ4n) is 2.93. The number of carbonyl (C=O) groups is 1. The van der Waals surface area contributed by atoms with Gasteiger partial charge in [-0.1, -0.05) is 41.9 Å². The topological polar surface area (TPSA) is 78.9 Å². The van der Waals surface area contributed by atoms with Crippen molar-refractivity contribution in [3.8, 4) is 16.9 Å². The summed E-state index contributed by atoms with van der Waals surface area (Å²) in [5.41, 5.74) is 0.479. The van der Waals surface area contributed by atoms with E-state index in [1.54, 1.807) is 30.3 Å². The van der Waals surface area contributed by atoms with Crippen LogP contribution in [0.4, 0.5) is 15.8 Å². The second-order valence-corrected chi connectivity index (χ2v) is 7.22. The van der Waals surface area contributed by atoms with E-state index in [1.165, 1.54) is 44.6 Å². The Balaban J connectivity index is 2.22. The largest absolute Gasteiger partial charge is 0.755 e. The molecule has 0 aliphatic rings. The number of rotatable bonds is 6. The molecular weight excluding hydrogens is 433 g/mol. The second-order valence-electron chi connectivity index (χ2n) is 6.01. The number of ether oxygens (including phenoxy) is 2. The molecule has 0 aliphatic carbocycles. The standard InChI is InChI=1S/C21H17ClFNO5S/c1-28-18-12-14(21(25)29-2)8-11-17(18)24(30(26)27)20-16(22)10-9-15(19(20)23)13-6-4-3-5-7-13/h3-12H,1-2H3,(H,26,27)/p-1. The summed E-state index contributed by atoms with van der Waals surface area (Å²) in [4.78, 5) is 11.8. The number of carbonyl (C=O) groups excluding carboxylic acids is 1. The van der Waals surface area contributed by atoms with Crippen LogP contribution in [0.15, 0.2) is 60.7 Å². The average Bonchev–Trinajstić information content (AvgIpc) is 2.76. The van der Waals surface area contributed by atoms with Crippen LogP contribution in [0.2, 0.25) is 5.02 Å². The molecule has 1 atom stereocenters. The van der Waals surface area contributed by atoms with Gasteiger partial charge in [-0.25, -0.2) is 9.18 Å². The summed E-state index contributed by atoms with van der Waals surface area (Å²) >= 11 is 3.25. The van der Waals surface area contributed by atoms with E-state index in [9.17, 15) is 13.6 Å². The van der Waals surface area contributed by atoms with Gasteiger partial charge in [0.25, 0.3) is 0 Å². The van der Waals surface area contributed by atoms with Gasteiger partial charge in [0.2, 0.25) is 0 Å². The van der Waals surface area contributed by atoms with Crippen molar-refractivity contribution in [1.82, 2.24) is 0 Å². The molecule has 0 aromatic heterocycles. The maximum absolute atomic E-state index is 15.5. The first kappa shape index (κ1) is 21.8. The lowest BCUT2D eigenvalue weighted by molar-refractivity contribution is 0.0600. The van der Waals surface area contributed by atoms with E-state index < -0.39 is 23.1 Å². The smallest absolute Gasteiger partial charge is 0.337 e. The molecular formula is C21H16ClFNO5S-. The first-order valence-electron chi connectivity index (χ1n) is 8.58. The maximum Gasteiger partial charge on any atom is 0.337 e. The Morgan fingerprint density at radius 3 is 2.40 bits per heavy atom. The molecule has 0 aliphatic heterocycles. The van der Waals surface area contributed by atoms with Gasteiger partial charge < -0.3 is 14.0 Å². The molecule has 3 rings (SSSR count). The van der Waals surface area contributed by atoms with Crippen molar-refractivity contribution in [3.63, 3.8) is 0 Å². The van der Waals surface area contributed by atoms with E-state index >= 15 is 4.39 Å². The van der Waals surface area contributed by atoms with Gasteiger partial charge in [-0.05, 0) is 35.9 Å². The number of benzene rings is 3. The lowest BCUT2D eigenvalue weighted by Crippen LogP contribution is -2.22. The molecule has 0 saturated carbocycles. The van der Waals surface area contributed by atoms with E-state index in [1.807, 2.05) is 0 Å². The van der Waals surface area contributed by atoms with Crippen LogP contribution in [-0.2, 0) is 16.0 Å². The van der Waals surface area contributed by atoms with Crippen LogP contribution in [0.5, 0.6) is 5.75 Å². The van der Waals surface area contributed by atoms with Gasteiger partial charge in [0.05, 0.1) is 41.8 Å². The maximum atomic E-state index is 15.5. The van der Waals surface area contributed by atoms with Gasteiger partial charge in [-0.2, -0.15) is 0 Å². The molecule has 3 aromatic rings. The van der Waals surface area contributed by atoms with Crippen LogP contribution in [0, 0.1) is 5.82 Å². The fourth-order valence-corrected chi connectivity index (χ4v) is 3.85. The summed E-state index contributed by atoms with van der Waals surface area (Å²) in [6, 6.07) is 15.5. The van der Waals surface area contributed by atoms with Crippen LogP contribution in [0.1, 0.15) is 10.4 Å². The molecule has 3 aromatic carbocycles. The zero-order valence-corrected chi connectivity index (χ0v) is 17.5. The molecule has 0 N–H and O–H groups in total. The molecule has 0 bridgehead atoms. The third kappa shape index (κ3) is 4.16. The summed E-state index contributed by atoms with van der Waals surface area (Å²) in [6.45, 7) is 0. The minimum absolute atomic E-state index is 0.0164. The van der Waals surface area contributed by atoms with E-state index in [-0.39, 0.29) is 33.3 Å². The first-order chi connectivity index (χ1) is 14.4. The number of esters is 1. The molecule has 0 spiro atoms. The Hall–Kier alpha value is -2.94. The van der Waals surface area contributed by atoms with Crippen LogP contribution < -0.4 is 9.04 Å². The van der Waals surface area contributed by atoms with Gasteiger partial charge in [-0.15, -0.1) is 0 Å². The Bertz CT molecular complexity index is 1110. The van der Waals surface area contributed by atoms with Gasteiger partial charge >= 0.3 is 5.97 Å². The highest BCUT2D eigenvalue weighted by Crippen LogP contribution is 2.43. The molecule has 0 radical (unpaired) electrons. The zero-order chi connectivity index (χ0) is 21.8. The van der Waals surface area contributed by atoms with E-state index in [0.29, 0.717) is 9.87 Å². The lowest BCUT2D eigenvalue weighted by atomic mass is 10.0. The van der Waals surface area contributed by atoms with Crippen molar-refractivity contribution in [2.75, 3.05) is 18.5 Å². The number of methoxy groups -OCH3 is 2. The van der Waals surface area contributed by atoms with Crippen molar-refractivity contribution < 1.29 is 27.4 Å². The molecule has 1 unspecified atom stereocenters. The van der Waals surface area contributed by atoms with Crippen LogP contribution >= 0.6 is 11.6 Å². The third-order valence-electron chi connectivity index (χ3n) is 4.32. The first-order valence-corrected chi connectivity index (χ1v) is 9.99. The molecule has 0 saturated heterocycles. The molecule has 0 amide bonds. The Kier molecular flexibility index (Phi) is 6.71. The normalized spacial score (nSPS) is 11.6. The zero-order valence-electron chi connectivity index (χ0n) is 15.9. The number of anilines is 2. The number of hydrogen-bond acceptors (Lipinski definition) is 5. The van der Waals surface area contributed by atoms with Crippen molar-refractivity contribution in [2.24, 2.45) is 0 Å². The highest BCUT2D eigenvalue weighted by Gasteiger charge is 2.25. The Morgan fingerprint density at radius 2 is 1.80 bits per heavy atom. The molecule has 6 nitrogen and oxygen atoms in total. The molecule has 0 fully saturated rings. The monoisotopic (exact) mass is 448 g/mol. The highest BCUT2D eigenvalue weighted by atomic mass is 35.5. The van der Waals surface area contributed by atoms with Gasteiger partial charge in [0, 0.05) is 5.56 Å².